The molecular formula is C28H21NO3S. The highest BCUT2D eigenvalue weighted by atomic mass is 32.2. The average molecular weight is 452 g/mol. The Labute approximate surface area is 191 Å². The molecule has 0 fully saturated rings. The summed E-state index contributed by atoms with van der Waals surface area (Å²) in [5, 5.41) is 6.11. The third kappa shape index (κ3) is 2.86. The first kappa shape index (κ1) is 19.8. The Kier molecular flexibility index (Phi) is 4.26. The van der Waals surface area contributed by atoms with Crippen LogP contribution >= 0.6 is 0 Å². The fourth-order valence-corrected chi connectivity index (χ4v) is 6.38. The Morgan fingerprint density at radius 3 is 2.12 bits per heavy atom. The summed E-state index contributed by atoms with van der Waals surface area (Å²) in [4.78, 5) is 0.258. The molecule has 0 aliphatic carbocycles. The molecule has 1 heterocycles. The molecule has 0 aliphatic heterocycles. The summed E-state index contributed by atoms with van der Waals surface area (Å²) in [6.45, 7) is 2.11. The molecule has 5 heteroatoms. The Morgan fingerprint density at radius 2 is 1.36 bits per heavy atom. The molecule has 33 heavy (non-hydrogen) atoms. The first-order valence-electron chi connectivity index (χ1n) is 10.7. The lowest BCUT2D eigenvalue weighted by molar-refractivity contribution is 0.415. The van der Waals surface area contributed by atoms with Crippen molar-refractivity contribution in [1.82, 2.24) is 3.97 Å². The zero-order valence-electron chi connectivity index (χ0n) is 18.2. The summed E-state index contributed by atoms with van der Waals surface area (Å²) < 4.78 is 34.7. The number of nitrogens with zero attached hydrogens (tertiary/aromatic N) is 1. The zero-order valence-corrected chi connectivity index (χ0v) is 19.1. The van der Waals surface area contributed by atoms with Crippen molar-refractivity contribution >= 4 is 53.4 Å². The van der Waals surface area contributed by atoms with Crippen LogP contribution in [-0.4, -0.2) is 19.5 Å². The lowest BCUT2D eigenvalue weighted by Gasteiger charge is -2.11. The lowest BCUT2D eigenvalue weighted by atomic mass is 9.96. The molecule has 0 N–H and O–H groups in total. The Morgan fingerprint density at radius 1 is 0.667 bits per heavy atom. The van der Waals surface area contributed by atoms with E-state index < -0.39 is 10.0 Å². The standard InChI is InChI=1S/C28H21NO3S/c1-18-14-19-15-25-26-16-20(32-2)12-13-27(26)29(33(30,31)21-8-4-3-5-9-21)28(25)17-24(19)23-11-7-6-10-22(18)23/h3-17H,1-2H3. The zero-order chi connectivity index (χ0) is 22.7. The lowest BCUT2D eigenvalue weighted by Crippen LogP contribution is -2.12. The van der Waals surface area contributed by atoms with Gasteiger partial charge in [-0.1, -0.05) is 48.5 Å². The SMILES string of the molecule is COc1ccc2c(c1)c1cc3cc(C)c4ccccc4c3cc1n2S(=O)(=O)c1ccccc1. The van der Waals surface area contributed by atoms with E-state index in [1.807, 2.05) is 36.4 Å². The van der Waals surface area contributed by atoms with Crippen molar-refractivity contribution in [2.75, 3.05) is 7.11 Å². The second kappa shape index (κ2) is 7.09. The van der Waals surface area contributed by atoms with Crippen molar-refractivity contribution < 1.29 is 13.2 Å². The number of fused-ring (bicyclic) bond motifs is 6. The van der Waals surface area contributed by atoms with Gasteiger partial charge in [0.2, 0.25) is 0 Å². The summed E-state index contributed by atoms with van der Waals surface area (Å²) >= 11 is 0. The van der Waals surface area contributed by atoms with Crippen molar-refractivity contribution in [2.24, 2.45) is 0 Å². The molecule has 0 spiro atoms. The van der Waals surface area contributed by atoms with Crippen LogP contribution in [-0.2, 0) is 10.0 Å². The number of rotatable bonds is 3. The van der Waals surface area contributed by atoms with Crippen molar-refractivity contribution in [2.45, 2.75) is 11.8 Å². The second-order valence-electron chi connectivity index (χ2n) is 8.30. The van der Waals surface area contributed by atoms with E-state index in [4.69, 9.17) is 4.74 Å². The number of aromatic nitrogens is 1. The molecule has 6 rings (SSSR count). The summed E-state index contributed by atoms with van der Waals surface area (Å²) in [7, 11) is -2.21. The van der Waals surface area contributed by atoms with Crippen LogP contribution in [0.1, 0.15) is 5.56 Å². The molecule has 0 saturated heterocycles. The van der Waals surface area contributed by atoms with Gasteiger partial charge in [0.1, 0.15) is 5.75 Å². The first-order valence-corrected chi connectivity index (χ1v) is 12.2. The number of hydrogen-bond donors (Lipinski definition) is 0. The van der Waals surface area contributed by atoms with E-state index in [1.165, 1.54) is 14.9 Å². The van der Waals surface area contributed by atoms with Gasteiger partial charge in [0.05, 0.1) is 23.0 Å². The molecule has 0 saturated carbocycles. The summed E-state index contributed by atoms with van der Waals surface area (Å²) in [5.41, 5.74) is 2.48. The number of aryl methyl sites for hydroxylation is 1. The van der Waals surface area contributed by atoms with Crippen LogP contribution in [0.25, 0.3) is 43.4 Å². The maximum absolute atomic E-state index is 13.9. The molecule has 0 atom stereocenters. The molecule has 6 aromatic rings. The monoisotopic (exact) mass is 451 g/mol. The van der Waals surface area contributed by atoms with Gasteiger partial charge in [-0.15, -0.1) is 0 Å². The maximum atomic E-state index is 13.9. The minimum absolute atomic E-state index is 0.258. The van der Waals surface area contributed by atoms with Crippen LogP contribution in [0.4, 0.5) is 0 Å². The Bertz CT molecular complexity index is 1820. The second-order valence-corrected chi connectivity index (χ2v) is 10.1. The highest BCUT2D eigenvalue weighted by molar-refractivity contribution is 7.90. The van der Waals surface area contributed by atoms with E-state index >= 15 is 0 Å². The summed E-state index contributed by atoms with van der Waals surface area (Å²) in [6, 6.07) is 28.7. The fraction of sp³-hybridized carbons (Fsp3) is 0.0714. The van der Waals surface area contributed by atoms with E-state index in [-0.39, 0.29) is 4.90 Å². The van der Waals surface area contributed by atoms with Gasteiger partial charge in [-0.25, -0.2) is 12.4 Å². The van der Waals surface area contributed by atoms with Crippen LogP contribution in [0.2, 0.25) is 0 Å². The van der Waals surface area contributed by atoms with Gasteiger partial charge >= 0.3 is 0 Å². The van der Waals surface area contributed by atoms with E-state index in [0.717, 1.165) is 26.9 Å². The Hall–Kier alpha value is -3.83. The van der Waals surface area contributed by atoms with Gasteiger partial charge in [0.25, 0.3) is 10.0 Å². The van der Waals surface area contributed by atoms with Gasteiger partial charge in [0, 0.05) is 10.8 Å². The molecule has 0 aliphatic rings. The maximum Gasteiger partial charge on any atom is 0.268 e. The van der Waals surface area contributed by atoms with Gasteiger partial charge in [-0.05, 0) is 76.5 Å². The average Bonchev–Trinajstić information content (AvgIpc) is 3.17. The van der Waals surface area contributed by atoms with Crippen LogP contribution in [0.5, 0.6) is 5.75 Å². The first-order chi connectivity index (χ1) is 16.0. The predicted molar refractivity (Wildman–Crippen MR) is 135 cm³/mol. The number of ether oxygens (including phenoxy) is 1. The van der Waals surface area contributed by atoms with Gasteiger partial charge in [-0.3, -0.25) is 0 Å². The number of hydrogen-bond acceptors (Lipinski definition) is 3. The van der Waals surface area contributed by atoms with Crippen molar-refractivity contribution in [1.29, 1.82) is 0 Å². The fourth-order valence-electron chi connectivity index (χ4n) is 4.84. The molecule has 1 aromatic heterocycles. The number of benzene rings is 5. The van der Waals surface area contributed by atoms with Crippen LogP contribution in [0.15, 0.2) is 95.9 Å². The normalized spacial score (nSPS) is 12.2. The smallest absolute Gasteiger partial charge is 0.268 e. The molecule has 0 bridgehead atoms. The van der Waals surface area contributed by atoms with E-state index in [9.17, 15) is 8.42 Å². The molecular weight excluding hydrogens is 430 g/mol. The highest BCUT2D eigenvalue weighted by Crippen LogP contribution is 2.39. The van der Waals surface area contributed by atoms with Gasteiger partial charge < -0.3 is 4.74 Å². The third-order valence-electron chi connectivity index (χ3n) is 6.39. The topological polar surface area (TPSA) is 48.3 Å². The number of methoxy groups -OCH3 is 1. The molecule has 162 valence electrons. The summed E-state index contributed by atoms with van der Waals surface area (Å²) in [6.07, 6.45) is 0. The highest BCUT2D eigenvalue weighted by Gasteiger charge is 2.24. The van der Waals surface area contributed by atoms with Crippen molar-refractivity contribution in [3.8, 4) is 5.75 Å². The minimum atomic E-state index is -3.82. The quantitative estimate of drug-likeness (QED) is 0.283. The van der Waals surface area contributed by atoms with Gasteiger partial charge in [0.15, 0.2) is 0 Å². The molecule has 0 unspecified atom stereocenters. The van der Waals surface area contributed by atoms with E-state index in [0.29, 0.717) is 16.8 Å². The van der Waals surface area contributed by atoms with Crippen molar-refractivity contribution in [3.63, 3.8) is 0 Å². The molecule has 0 radical (unpaired) electrons. The van der Waals surface area contributed by atoms with Crippen LogP contribution < -0.4 is 4.74 Å². The molecule has 4 nitrogen and oxygen atoms in total. The molecule has 5 aromatic carbocycles. The van der Waals surface area contributed by atoms with Crippen molar-refractivity contribution in [3.05, 3.63) is 96.6 Å². The van der Waals surface area contributed by atoms with E-state index in [2.05, 4.69) is 31.2 Å². The van der Waals surface area contributed by atoms with Gasteiger partial charge in [-0.2, -0.15) is 0 Å². The summed E-state index contributed by atoms with van der Waals surface area (Å²) in [5.74, 6) is 0.688. The predicted octanol–water partition coefficient (Wildman–Crippen LogP) is 6.65. The van der Waals surface area contributed by atoms with Crippen LogP contribution in [0.3, 0.4) is 0 Å². The third-order valence-corrected chi connectivity index (χ3v) is 8.14. The minimum Gasteiger partial charge on any atom is -0.497 e. The largest absolute Gasteiger partial charge is 0.497 e. The van der Waals surface area contributed by atoms with E-state index in [1.54, 1.807) is 37.4 Å². The van der Waals surface area contributed by atoms with Crippen LogP contribution in [0, 0.1) is 6.92 Å². The Balaban J connectivity index is 1.83. The molecule has 0 amide bonds.